The van der Waals surface area contributed by atoms with Gasteiger partial charge in [-0.15, -0.1) is 0 Å². The minimum Gasteiger partial charge on any atom is -0.399 e. The maximum Gasteiger partial charge on any atom is 0.494 e. The Morgan fingerprint density at radius 1 is 0.696 bits per heavy atom. The molecule has 2 aromatic rings. The van der Waals surface area contributed by atoms with E-state index in [1.54, 1.807) is 0 Å². The Labute approximate surface area is 139 Å². The van der Waals surface area contributed by atoms with Crippen LogP contribution in [0.5, 0.6) is 0 Å². The van der Waals surface area contributed by atoms with Crippen LogP contribution in [0.15, 0.2) is 54.6 Å². The maximum absolute atomic E-state index is 6.08. The average Bonchev–Trinajstić information content (AvgIpc) is 2.75. The van der Waals surface area contributed by atoms with Crippen molar-refractivity contribution in [3.8, 4) is 0 Å². The lowest BCUT2D eigenvalue weighted by molar-refractivity contribution is 0.00578. The number of hydrogen-bond donors (Lipinski definition) is 0. The first-order valence-corrected chi connectivity index (χ1v) is 8.06. The molecule has 0 unspecified atom stereocenters. The molecule has 0 aromatic heterocycles. The minimum atomic E-state index is -0.302. The standard InChI is InChI=1S/C20H23BO2/c1-19(2)20(3,4)23-21(22-19)18-14-12-17(13-15-18)11-10-16-8-6-5-7-9-16/h5-15H,1-4H3. The topological polar surface area (TPSA) is 18.5 Å². The van der Waals surface area contributed by atoms with Gasteiger partial charge in [-0.1, -0.05) is 66.7 Å². The third-order valence-corrected chi connectivity index (χ3v) is 4.73. The average molecular weight is 306 g/mol. The molecular weight excluding hydrogens is 283 g/mol. The molecule has 0 radical (unpaired) electrons. The van der Waals surface area contributed by atoms with Crippen molar-refractivity contribution in [2.45, 2.75) is 38.9 Å². The second-order valence-electron chi connectivity index (χ2n) is 7.00. The Bertz CT molecular complexity index is 671. The molecular formula is C20H23BO2. The van der Waals surface area contributed by atoms with Gasteiger partial charge in [0.25, 0.3) is 0 Å². The van der Waals surface area contributed by atoms with Gasteiger partial charge in [-0.25, -0.2) is 0 Å². The molecule has 118 valence electrons. The van der Waals surface area contributed by atoms with Crippen molar-refractivity contribution in [1.82, 2.24) is 0 Å². The van der Waals surface area contributed by atoms with E-state index in [1.165, 1.54) is 5.56 Å². The largest absolute Gasteiger partial charge is 0.494 e. The number of rotatable bonds is 3. The summed E-state index contributed by atoms with van der Waals surface area (Å²) in [5.41, 5.74) is 2.81. The van der Waals surface area contributed by atoms with Gasteiger partial charge in [0.15, 0.2) is 0 Å². The zero-order valence-electron chi connectivity index (χ0n) is 14.2. The van der Waals surface area contributed by atoms with Crippen LogP contribution in [0.2, 0.25) is 0 Å². The summed E-state index contributed by atoms with van der Waals surface area (Å²) in [6, 6.07) is 18.6. The highest BCUT2D eigenvalue weighted by atomic mass is 16.7. The number of hydrogen-bond acceptors (Lipinski definition) is 2. The van der Waals surface area contributed by atoms with Crippen molar-refractivity contribution in [3.05, 3.63) is 65.7 Å². The molecule has 1 aliphatic rings. The summed E-state index contributed by atoms with van der Waals surface area (Å²) in [5, 5.41) is 0. The summed E-state index contributed by atoms with van der Waals surface area (Å²) in [4.78, 5) is 0. The van der Waals surface area contributed by atoms with Crippen LogP contribution in [0.25, 0.3) is 12.2 Å². The van der Waals surface area contributed by atoms with Gasteiger partial charge in [-0.2, -0.15) is 0 Å². The van der Waals surface area contributed by atoms with Gasteiger partial charge in [0.05, 0.1) is 11.2 Å². The molecule has 23 heavy (non-hydrogen) atoms. The third-order valence-electron chi connectivity index (χ3n) is 4.73. The van der Waals surface area contributed by atoms with E-state index >= 15 is 0 Å². The van der Waals surface area contributed by atoms with E-state index in [9.17, 15) is 0 Å². The highest BCUT2D eigenvalue weighted by molar-refractivity contribution is 6.62. The Morgan fingerprint density at radius 3 is 1.70 bits per heavy atom. The zero-order chi connectivity index (χ0) is 16.5. The molecule has 0 saturated carbocycles. The smallest absolute Gasteiger partial charge is 0.399 e. The first-order chi connectivity index (χ1) is 10.9. The van der Waals surface area contributed by atoms with Crippen LogP contribution >= 0.6 is 0 Å². The van der Waals surface area contributed by atoms with Crippen LogP contribution in [0.3, 0.4) is 0 Å². The van der Waals surface area contributed by atoms with Gasteiger partial charge >= 0.3 is 7.12 Å². The van der Waals surface area contributed by atoms with Crippen molar-refractivity contribution in [1.29, 1.82) is 0 Å². The molecule has 1 heterocycles. The molecule has 0 aliphatic carbocycles. The van der Waals surface area contributed by atoms with Crippen LogP contribution in [0.4, 0.5) is 0 Å². The Kier molecular flexibility index (Phi) is 4.18. The predicted octanol–water partition coefficient (Wildman–Crippen LogP) is 4.16. The summed E-state index contributed by atoms with van der Waals surface area (Å²) in [6.45, 7) is 8.29. The zero-order valence-corrected chi connectivity index (χ0v) is 14.2. The Hall–Kier alpha value is -1.84. The van der Waals surface area contributed by atoms with Crippen LogP contribution in [-0.4, -0.2) is 18.3 Å². The van der Waals surface area contributed by atoms with Crippen molar-refractivity contribution < 1.29 is 9.31 Å². The van der Waals surface area contributed by atoms with Gasteiger partial charge in [0, 0.05) is 0 Å². The van der Waals surface area contributed by atoms with Crippen LogP contribution in [0, 0.1) is 0 Å². The molecule has 0 amide bonds. The fraction of sp³-hybridized carbons (Fsp3) is 0.300. The van der Waals surface area contributed by atoms with E-state index in [1.807, 2.05) is 18.2 Å². The molecule has 0 spiro atoms. The van der Waals surface area contributed by atoms with E-state index in [-0.39, 0.29) is 18.3 Å². The quantitative estimate of drug-likeness (QED) is 0.626. The van der Waals surface area contributed by atoms with Gasteiger partial charge in [-0.3, -0.25) is 0 Å². The van der Waals surface area contributed by atoms with Gasteiger partial charge in [0.1, 0.15) is 0 Å². The number of benzene rings is 2. The fourth-order valence-electron chi connectivity index (χ4n) is 2.50. The highest BCUT2D eigenvalue weighted by Gasteiger charge is 2.51. The highest BCUT2D eigenvalue weighted by Crippen LogP contribution is 2.36. The summed E-state index contributed by atoms with van der Waals surface area (Å²) < 4.78 is 12.2. The van der Waals surface area contributed by atoms with Crippen molar-refractivity contribution >= 4 is 24.7 Å². The molecule has 2 nitrogen and oxygen atoms in total. The van der Waals surface area contributed by atoms with E-state index in [0.717, 1.165) is 11.0 Å². The maximum atomic E-state index is 6.08. The van der Waals surface area contributed by atoms with E-state index in [2.05, 4.69) is 76.2 Å². The third kappa shape index (κ3) is 3.41. The molecule has 0 bridgehead atoms. The monoisotopic (exact) mass is 306 g/mol. The Balaban J connectivity index is 1.72. The van der Waals surface area contributed by atoms with Crippen molar-refractivity contribution in [2.24, 2.45) is 0 Å². The second-order valence-corrected chi connectivity index (χ2v) is 7.00. The van der Waals surface area contributed by atoms with Crippen molar-refractivity contribution in [2.75, 3.05) is 0 Å². The predicted molar refractivity (Wildman–Crippen MR) is 97.5 cm³/mol. The Morgan fingerprint density at radius 2 is 1.17 bits per heavy atom. The molecule has 1 saturated heterocycles. The molecule has 1 aliphatic heterocycles. The normalized spacial score (nSPS) is 19.4. The molecule has 0 atom stereocenters. The van der Waals surface area contributed by atoms with Crippen molar-refractivity contribution in [3.63, 3.8) is 0 Å². The fourth-order valence-corrected chi connectivity index (χ4v) is 2.50. The SMILES string of the molecule is CC1(C)OB(c2ccc(C=Cc3ccccc3)cc2)OC1(C)C. The summed E-state index contributed by atoms with van der Waals surface area (Å²) in [7, 11) is -0.299. The summed E-state index contributed by atoms with van der Waals surface area (Å²) in [6.07, 6.45) is 4.23. The lowest BCUT2D eigenvalue weighted by Crippen LogP contribution is -2.41. The lowest BCUT2D eigenvalue weighted by Gasteiger charge is -2.32. The van der Waals surface area contributed by atoms with E-state index < -0.39 is 0 Å². The van der Waals surface area contributed by atoms with E-state index in [4.69, 9.17) is 9.31 Å². The molecule has 3 heteroatoms. The molecule has 1 fully saturated rings. The first-order valence-electron chi connectivity index (χ1n) is 8.06. The van der Waals surface area contributed by atoms with Gasteiger partial charge in [0.2, 0.25) is 0 Å². The molecule has 2 aromatic carbocycles. The second kappa shape index (κ2) is 5.99. The van der Waals surface area contributed by atoms with Crippen LogP contribution in [0.1, 0.15) is 38.8 Å². The lowest BCUT2D eigenvalue weighted by atomic mass is 9.79. The van der Waals surface area contributed by atoms with Gasteiger partial charge < -0.3 is 9.31 Å². The van der Waals surface area contributed by atoms with Crippen LogP contribution < -0.4 is 5.46 Å². The molecule has 3 rings (SSSR count). The summed E-state index contributed by atoms with van der Waals surface area (Å²) >= 11 is 0. The van der Waals surface area contributed by atoms with E-state index in [0.29, 0.717) is 0 Å². The van der Waals surface area contributed by atoms with Crippen LogP contribution in [-0.2, 0) is 9.31 Å². The summed E-state index contributed by atoms with van der Waals surface area (Å²) in [5.74, 6) is 0. The molecule has 0 N–H and O–H groups in total. The minimum absolute atomic E-state index is 0.299. The van der Waals surface area contributed by atoms with Gasteiger partial charge in [-0.05, 0) is 44.3 Å². The first kappa shape index (κ1) is 16.0.